The number of nitrogens with one attached hydrogen (secondary N) is 2. The summed E-state index contributed by atoms with van der Waals surface area (Å²) in [7, 11) is 0. The maximum absolute atomic E-state index is 13.1. The highest BCUT2D eigenvalue weighted by molar-refractivity contribution is 7.13. The minimum Gasteiger partial charge on any atom is -0.346 e. The van der Waals surface area contributed by atoms with E-state index in [0.29, 0.717) is 18.1 Å². The van der Waals surface area contributed by atoms with Crippen LogP contribution in [0.3, 0.4) is 0 Å². The van der Waals surface area contributed by atoms with Crippen molar-refractivity contribution in [3.8, 4) is 0 Å². The lowest BCUT2D eigenvalue weighted by atomic mass is 10.1. The summed E-state index contributed by atoms with van der Waals surface area (Å²) < 4.78 is 39.4. The Kier molecular flexibility index (Phi) is 8.35. The molecular formula is C23H24F3N5O2S. The van der Waals surface area contributed by atoms with E-state index in [4.69, 9.17) is 0 Å². The predicted octanol–water partition coefficient (Wildman–Crippen LogP) is 4.26. The van der Waals surface area contributed by atoms with Gasteiger partial charge in [-0.2, -0.15) is 13.2 Å². The fraction of sp³-hybridized carbons (Fsp3) is 0.304. The molecule has 0 saturated carbocycles. The zero-order chi connectivity index (χ0) is 24.7. The highest BCUT2D eigenvalue weighted by Gasteiger charge is 2.33. The summed E-state index contributed by atoms with van der Waals surface area (Å²) in [5, 5.41) is 13.8. The number of alkyl halides is 3. The normalized spacial score (nSPS) is 11.5. The molecule has 0 aliphatic heterocycles. The SMILES string of the molecule is CCN(CC(=O)Nc1ccccc1C(F)(F)F)Cc1nnc(C(=O)NCc2ccc(C)cc2)s1. The number of likely N-dealkylation sites (N-methyl/N-ethyl adjacent to an activating group) is 1. The molecule has 34 heavy (non-hydrogen) atoms. The highest BCUT2D eigenvalue weighted by Crippen LogP contribution is 2.34. The van der Waals surface area contributed by atoms with Gasteiger partial charge in [0, 0.05) is 6.54 Å². The largest absolute Gasteiger partial charge is 0.418 e. The van der Waals surface area contributed by atoms with Crippen molar-refractivity contribution >= 4 is 28.8 Å². The number of benzene rings is 2. The monoisotopic (exact) mass is 491 g/mol. The van der Waals surface area contributed by atoms with Crippen LogP contribution in [0.5, 0.6) is 0 Å². The Morgan fingerprint density at radius 1 is 1.06 bits per heavy atom. The van der Waals surface area contributed by atoms with E-state index >= 15 is 0 Å². The zero-order valence-corrected chi connectivity index (χ0v) is 19.5. The van der Waals surface area contributed by atoms with Crippen molar-refractivity contribution in [2.75, 3.05) is 18.4 Å². The molecular weight excluding hydrogens is 467 g/mol. The number of nitrogens with zero attached hydrogens (tertiary/aromatic N) is 3. The first-order valence-corrected chi connectivity index (χ1v) is 11.3. The van der Waals surface area contributed by atoms with Gasteiger partial charge in [-0.3, -0.25) is 14.5 Å². The second kappa shape index (κ2) is 11.2. The van der Waals surface area contributed by atoms with Crippen LogP contribution in [0, 0.1) is 6.92 Å². The van der Waals surface area contributed by atoms with Gasteiger partial charge in [-0.05, 0) is 31.2 Å². The van der Waals surface area contributed by atoms with Crippen molar-refractivity contribution in [2.24, 2.45) is 0 Å². The van der Waals surface area contributed by atoms with Gasteiger partial charge in [-0.1, -0.05) is 60.2 Å². The Balaban J connectivity index is 1.55. The fourth-order valence-corrected chi connectivity index (χ4v) is 3.87. The molecule has 7 nitrogen and oxygen atoms in total. The summed E-state index contributed by atoms with van der Waals surface area (Å²) in [4.78, 5) is 26.5. The number of hydrogen-bond donors (Lipinski definition) is 2. The molecule has 2 amide bonds. The lowest BCUT2D eigenvalue weighted by molar-refractivity contribution is -0.137. The fourth-order valence-electron chi connectivity index (χ4n) is 3.08. The van der Waals surface area contributed by atoms with Crippen LogP contribution in [0.2, 0.25) is 0 Å². The second-order valence-electron chi connectivity index (χ2n) is 7.56. The van der Waals surface area contributed by atoms with E-state index in [2.05, 4.69) is 20.8 Å². The molecule has 0 spiro atoms. The van der Waals surface area contributed by atoms with E-state index in [0.717, 1.165) is 28.5 Å². The standard InChI is InChI=1S/C23H24F3N5O2S/c1-3-31(13-19(32)28-18-7-5-4-6-17(18)23(24,25)26)14-20-29-30-22(34-20)21(33)27-12-16-10-8-15(2)9-11-16/h4-11H,3,12-14H2,1-2H3,(H,27,33)(H,28,32). The summed E-state index contributed by atoms with van der Waals surface area (Å²) in [6.07, 6.45) is -4.57. The van der Waals surface area contributed by atoms with E-state index in [9.17, 15) is 22.8 Å². The molecule has 2 aromatic carbocycles. The zero-order valence-electron chi connectivity index (χ0n) is 18.6. The third-order valence-corrected chi connectivity index (χ3v) is 5.82. The summed E-state index contributed by atoms with van der Waals surface area (Å²) in [5.74, 6) is -0.937. The number of para-hydroxylation sites is 1. The molecule has 0 unspecified atom stereocenters. The molecule has 180 valence electrons. The molecule has 0 fully saturated rings. The van der Waals surface area contributed by atoms with Crippen molar-refractivity contribution in [1.29, 1.82) is 0 Å². The number of aryl methyl sites for hydroxylation is 1. The van der Waals surface area contributed by atoms with E-state index in [1.165, 1.54) is 18.2 Å². The van der Waals surface area contributed by atoms with Gasteiger partial charge in [0.15, 0.2) is 0 Å². The molecule has 0 saturated heterocycles. The van der Waals surface area contributed by atoms with Crippen LogP contribution >= 0.6 is 11.3 Å². The lowest BCUT2D eigenvalue weighted by Gasteiger charge is -2.19. The van der Waals surface area contributed by atoms with E-state index < -0.39 is 17.6 Å². The van der Waals surface area contributed by atoms with Crippen molar-refractivity contribution < 1.29 is 22.8 Å². The molecule has 0 aliphatic rings. The first-order valence-electron chi connectivity index (χ1n) is 10.5. The van der Waals surface area contributed by atoms with Gasteiger partial charge >= 0.3 is 6.18 Å². The molecule has 11 heteroatoms. The van der Waals surface area contributed by atoms with Gasteiger partial charge in [0.1, 0.15) is 5.01 Å². The molecule has 0 aliphatic carbocycles. The first-order chi connectivity index (χ1) is 16.2. The quantitative estimate of drug-likeness (QED) is 0.467. The van der Waals surface area contributed by atoms with Crippen LogP contribution in [0.25, 0.3) is 0 Å². The summed E-state index contributed by atoms with van der Waals surface area (Å²) in [5.41, 5.74) is 0.887. The second-order valence-corrected chi connectivity index (χ2v) is 8.63. The van der Waals surface area contributed by atoms with Gasteiger partial charge in [-0.25, -0.2) is 0 Å². The average molecular weight is 492 g/mol. The summed E-state index contributed by atoms with van der Waals surface area (Å²) >= 11 is 1.10. The molecule has 0 radical (unpaired) electrons. The van der Waals surface area contributed by atoms with Crippen LogP contribution in [0.1, 0.15) is 38.4 Å². The number of carbonyl (C=O) groups excluding carboxylic acids is 2. The minimum absolute atomic E-state index is 0.142. The molecule has 3 aromatic rings. The van der Waals surface area contributed by atoms with Crippen molar-refractivity contribution in [1.82, 2.24) is 20.4 Å². The van der Waals surface area contributed by atoms with Gasteiger partial charge in [0.2, 0.25) is 10.9 Å². The number of amides is 2. The molecule has 1 aromatic heterocycles. The van der Waals surface area contributed by atoms with Gasteiger partial charge < -0.3 is 10.6 Å². The van der Waals surface area contributed by atoms with Gasteiger partial charge in [0.05, 0.1) is 24.3 Å². The smallest absolute Gasteiger partial charge is 0.346 e. The summed E-state index contributed by atoms with van der Waals surface area (Å²) in [6, 6.07) is 12.6. The Labute approximate surface area is 199 Å². The number of halogens is 3. The Morgan fingerprint density at radius 2 is 1.76 bits per heavy atom. The van der Waals surface area contributed by atoms with Crippen LogP contribution in [-0.2, 0) is 24.1 Å². The minimum atomic E-state index is -4.57. The van der Waals surface area contributed by atoms with Crippen molar-refractivity contribution in [2.45, 2.75) is 33.1 Å². The number of carbonyl (C=O) groups is 2. The van der Waals surface area contributed by atoms with Gasteiger partial charge in [-0.15, -0.1) is 10.2 Å². The maximum atomic E-state index is 13.1. The first kappa shape index (κ1) is 25.3. The molecule has 2 N–H and O–H groups in total. The Morgan fingerprint density at radius 3 is 2.44 bits per heavy atom. The molecule has 1 heterocycles. The van der Waals surface area contributed by atoms with Crippen LogP contribution in [0.15, 0.2) is 48.5 Å². The molecule has 3 rings (SSSR count). The number of rotatable bonds is 9. The van der Waals surface area contributed by atoms with Crippen LogP contribution in [0.4, 0.5) is 18.9 Å². The van der Waals surface area contributed by atoms with E-state index in [1.807, 2.05) is 38.1 Å². The van der Waals surface area contributed by atoms with E-state index in [1.54, 1.807) is 4.90 Å². The molecule has 0 atom stereocenters. The third kappa shape index (κ3) is 7.09. The van der Waals surface area contributed by atoms with Crippen LogP contribution in [-0.4, -0.2) is 40.0 Å². The van der Waals surface area contributed by atoms with Gasteiger partial charge in [0.25, 0.3) is 5.91 Å². The summed E-state index contributed by atoms with van der Waals surface area (Å²) in [6.45, 7) is 4.69. The topological polar surface area (TPSA) is 87.2 Å². The number of aromatic nitrogens is 2. The van der Waals surface area contributed by atoms with Crippen molar-refractivity contribution in [3.05, 3.63) is 75.2 Å². The number of hydrogen-bond acceptors (Lipinski definition) is 6. The van der Waals surface area contributed by atoms with Crippen LogP contribution < -0.4 is 10.6 Å². The lowest BCUT2D eigenvalue weighted by Crippen LogP contribution is -2.33. The third-order valence-electron chi connectivity index (χ3n) is 4.91. The molecule has 0 bridgehead atoms. The maximum Gasteiger partial charge on any atom is 0.418 e. The Bertz CT molecular complexity index is 1130. The Hall–Kier alpha value is -3.31. The predicted molar refractivity (Wildman–Crippen MR) is 123 cm³/mol. The number of anilines is 1. The van der Waals surface area contributed by atoms with E-state index in [-0.39, 0.29) is 29.7 Å². The average Bonchev–Trinajstić information content (AvgIpc) is 3.26. The highest BCUT2D eigenvalue weighted by atomic mass is 32.1. The van der Waals surface area contributed by atoms with Crippen molar-refractivity contribution in [3.63, 3.8) is 0 Å².